The van der Waals surface area contributed by atoms with Gasteiger partial charge in [-0.3, -0.25) is 14.9 Å². The molecule has 16 heavy (non-hydrogen) atoms. The van der Waals surface area contributed by atoms with Crippen LogP contribution in [0.2, 0.25) is 0 Å². The maximum atomic E-state index is 11.0. The highest BCUT2D eigenvalue weighted by Crippen LogP contribution is 2.21. The number of fused-ring (bicyclic) bond motifs is 1. The molecule has 0 amide bonds. The molecule has 2 aromatic rings. The Labute approximate surface area is 91.4 Å². The number of nitro benzene ring substituents is 1. The lowest BCUT2D eigenvalue weighted by Crippen LogP contribution is -2.04. The van der Waals surface area contributed by atoms with Crippen molar-refractivity contribution in [2.45, 2.75) is 13.5 Å². The molecule has 0 aliphatic heterocycles. The second-order valence-corrected chi connectivity index (χ2v) is 3.65. The number of nitro groups is 1. The molecule has 0 spiro atoms. The Morgan fingerprint density at radius 2 is 2.19 bits per heavy atom. The Kier molecular flexibility index (Phi) is 2.44. The summed E-state index contributed by atoms with van der Waals surface area (Å²) in [6.07, 6.45) is 1.76. The molecule has 0 aliphatic carbocycles. The molecule has 0 unspecified atom stereocenters. The second kappa shape index (κ2) is 3.77. The fourth-order valence-corrected chi connectivity index (χ4v) is 1.68. The molecule has 2 rings (SSSR count). The van der Waals surface area contributed by atoms with Crippen molar-refractivity contribution in [2.75, 3.05) is 0 Å². The van der Waals surface area contributed by atoms with Crippen LogP contribution in [0, 0.1) is 10.1 Å². The van der Waals surface area contributed by atoms with E-state index in [0.29, 0.717) is 6.54 Å². The predicted octanol–water partition coefficient (Wildman–Crippen LogP) is 2.14. The molecule has 0 saturated heterocycles. The SMILES string of the molecule is CC(=O)Cn1ccc2cc([N+](=O)[O-])ccc21. The van der Waals surface area contributed by atoms with Gasteiger partial charge in [-0.2, -0.15) is 0 Å². The smallest absolute Gasteiger partial charge is 0.270 e. The third kappa shape index (κ3) is 1.79. The van der Waals surface area contributed by atoms with Crippen LogP contribution in [0.15, 0.2) is 30.5 Å². The molecular weight excluding hydrogens is 208 g/mol. The molecule has 1 heterocycles. The highest BCUT2D eigenvalue weighted by molar-refractivity contribution is 5.84. The zero-order valence-electron chi connectivity index (χ0n) is 8.71. The molecule has 1 aromatic heterocycles. The zero-order valence-corrected chi connectivity index (χ0v) is 8.71. The van der Waals surface area contributed by atoms with Crippen molar-refractivity contribution in [1.29, 1.82) is 0 Å². The minimum Gasteiger partial charge on any atom is -0.340 e. The van der Waals surface area contributed by atoms with Crippen molar-refractivity contribution < 1.29 is 9.72 Å². The van der Waals surface area contributed by atoms with Gasteiger partial charge in [0.05, 0.1) is 11.5 Å². The van der Waals surface area contributed by atoms with Crippen LogP contribution in [-0.2, 0) is 11.3 Å². The number of rotatable bonds is 3. The minimum absolute atomic E-state index is 0.0517. The van der Waals surface area contributed by atoms with Crippen molar-refractivity contribution in [2.24, 2.45) is 0 Å². The fourth-order valence-electron chi connectivity index (χ4n) is 1.68. The lowest BCUT2D eigenvalue weighted by molar-refractivity contribution is -0.384. The highest BCUT2D eigenvalue weighted by Gasteiger charge is 2.09. The highest BCUT2D eigenvalue weighted by atomic mass is 16.6. The lowest BCUT2D eigenvalue weighted by atomic mass is 10.2. The van der Waals surface area contributed by atoms with Gasteiger partial charge >= 0.3 is 0 Å². The van der Waals surface area contributed by atoms with Crippen LogP contribution in [0.4, 0.5) is 5.69 Å². The van der Waals surface area contributed by atoms with Crippen molar-refractivity contribution >= 4 is 22.4 Å². The van der Waals surface area contributed by atoms with Gasteiger partial charge in [-0.25, -0.2) is 0 Å². The molecule has 0 fully saturated rings. The largest absolute Gasteiger partial charge is 0.340 e. The molecule has 0 atom stereocenters. The summed E-state index contributed by atoms with van der Waals surface area (Å²) in [6.45, 7) is 1.80. The van der Waals surface area contributed by atoms with E-state index in [2.05, 4.69) is 0 Å². The molecular formula is C11H10N2O3. The summed E-state index contributed by atoms with van der Waals surface area (Å²) in [5.41, 5.74) is 0.897. The van der Waals surface area contributed by atoms with E-state index >= 15 is 0 Å². The van der Waals surface area contributed by atoms with E-state index in [4.69, 9.17) is 0 Å². The van der Waals surface area contributed by atoms with E-state index < -0.39 is 4.92 Å². The van der Waals surface area contributed by atoms with Gasteiger partial charge in [-0.1, -0.05) is 0 Å². The second-order valence-electron chi connectivity index (χ2n) is 3.65. The van der Waals surface area contributed by atoms with Crippen LogP contribution in [0.1, 0.15) is 6.92 Å². The van der Waals surface area contributed by atoms with E-state index in [0.717, 1.165) is 10.9 Å². The summed E-state index contributed by atoms with van der Waals surface area (Å²) in [5.74, 6) is 0.0517. The zero-order chi connectivity index (χ0) is 11.7. The monoisotopic (exact) mass is 218 g/mol. The maximum absolute atomic E-state index is 11.0. The molecule has 0 saturated carbocycles. The van der Waals surface area contributed by atoms with Crippen LogP contribution in [0.5, 0.6) is 0 Å². The number of carbonyl (C=O) groups excluding carboxylic acids is 1. The molecule has 0 aliphatic rings. The van der Waals surface area contributed by atoms with E-state index in [-0.39, 0.29) is 11.5 Å². The number of Topliss-reactive ketones (excluding diaryl/α,β-unsaturated/α-hetero) is 1. The predicted molar refractivity (Wildman–Crippen MR) is 59.3 cm³/mol. The minimum atomic E-state index is -0.429. The Bertz CT molecular complexity index is 572. The molecule has 82 valence electrons. The maximum Gasteiger partial charge on any atom is 0.270 e. The molecule has 5 nitrogen and oxygen atoms in total. The Morgan fingerprint density at radius 3 is 2.81 bits per heavy atom. The van der Waals surface area contributed by atoms with Crippen molar-refractivity contribution in [3.8, 4) is 0 Å². The van der Waals surface area contributed by atoms with E-state index in [1.165, 1.54) is 19.1 Å². The summed E-state index contributed by atoms with van der Waals surface area (Å²) in [7, 11) is 0. The van der Waals surface area contributed by atoms with Crippen molar-refractivity contribution in [3.63, 3.8) is 0 Å². The van der Waals surface area contributed by atoms with Crippen LogP contribution >= 0.6 is 0 Å². The van der Waals surface area contributed by atoms with E-state index in [1.807, 2.05) is 0 Å². The van der Waals surface area contributed by atoms with E-state index in [1.54, 1.807) is 22.9 Å². The van der Waals surface area contributed by atoms with E-state index in [9.17, 15) is 14.9 Å². The number of carbonyl (C=O) groups is 1. The lowest BCUT2D eigenvalue weighted by Gasteiger charge is -2.01. The van der Waals surface area contributed by atoms with Crippen LogP contribution in [0.25, 0.3) is 10.9 Å². The summed E-state index contributed by atoms with van der Waals surface area (Å²) in [5, 5.41) is 11.3. The standard InChI is InChI=1S/C11H10N2O3/c1-8(14)7-12-5-4-9-6-10(13(15)16)2-3-11(9)12/h2-6H,7H2,1H3. The first kappa shape index (κ1) is 10.4. The number of ketones is 1. The fraction of sp³-hybridized carbons (Fsp3) is 0.182. The number of aromatic nitrogens is 1. The van der Waals surface area contributed by atoms with Crippen LogP contribution in [0.3, 0.4) is 0 Å². The third-order valence-corrected chi connectivity index (χ3v) is 2.36. The number of non-ortho nitro benzene ring substituents is 1. The topological polar surface area (TPSA) is 65.1 Å². The van der Waals surface area contributed by atoms with Gasteiger partial charge in [-0.15, -0.1) is 0 Å². The van der Waals surface area contributed by atoms with Gasteiger partial charge in [0.15, 0.2) is 0 Å². The van der Waals surface area contributed by atoms with Gasteiger partial charge in [0.1, 0.15) is 5.78 Å². The van der Waals surface area contributed by atoms with Crippen molar-refractivity contribution in [1.82, 2.24) is 4.57 Å². The van der Waals surface area contributed by atoms with Gasteiger partial charge in [0.2, 0.25) is 0 Å². The van der Waals surface area contributed by atoms with Gasteiger partial charge in [0.25, 0.3) is 5.69 Å². The normalized spacial score (nSPS) is 10.6. The quantitative estimate of drug-likeness (QED) is 0.585. The first-order chi connectivity index (χ1) is 7.58. The number of nitrogens with zero attached hydrogens (tertiary/aromatic N) is 2. The average molecular weight is 218 g/mol. The molecule has 0 radical (unpaired) electrons. The first-order valence-corrected chi connectivity index (χ1v) is 4.80. The third-order valence-electron chi connectivity index (χ3n) is 2.36. The summed E-state index contributed by atoms with van der Waals surface area (Å²) >= 11 is 0. The average Bonchev–Trinajstić information content (AvgIpc) is 2.60. The van der Waals surface area contributed by atoms with Gasteiger partial charge in [-0.05, 0) is 19.1 Å². The van der Waals surface area contributed by atoms with Gasteiger partial charge < -0.3 is 4.57 Å². The Morgan fingerprint density at radius 1 is 1.44 bits per heavy atom. The van der Waals surface area contributed by atoms with Gasteiger partial charge in [0, 0.05) is 29.2 Å². The van der Waals surface area contributed by atoms with Crippen LogP contribution < -0.4 is 0 Å². The molecule has 0 bridgehead atoms. The molecule has 5 heteroatoms. The first-order valence-electron chi connectivity index (χ1n) is 4.80. The summed E-state index contributed by atoms with van der Waals surface area (Å²) < 4.78 is 1.78. The molecule has 0 N–H and O–H groups in total. The number of hydrogen-bond acceptors (Lipinski definition) is 3. The molecule has 1 aromatic carbocycles. The Hall–Kier alpha value is -2.17. The van der Waals surface area contributed by atoms with Crippen LogP contribution in [-0.4, -0.2) is 15.3 Å². The number of benzene rings is 1. The number of hydrogen-bond donors (Lipinski definition) is 0. The Balaban J connectivity index is 2.50. The summed E-state index contributed by atoms with van der Waals surface area (Å²) in [4.78, 5) is 21.1. The summed E-state index contributed by atoms with van der Waals surface area (Å²) in [6, 6.07) is 6.38. The van der Waals surface area contributed by atoms with Crippen molar-refractivity contribution in [3.05, 3.63) is 40.6 Å².